The minimum absolute atomic E-state index is 0.772. The van der Waals surface area contributed by atoms with E-state index in [9.17, 15) is 0 Å². The van der Waals surface area contributed by atoms with Gasteiger partial charge in [-0.25, -0.2) is 0 Å². The third-order valence-corrected chi connectivity index (χ3v) is 6.21. The van der Waals surface area contributed by atoms with E-state index in [2.05, 4.69) is 37.9 Å². The highest BCUT2D eigenvalue weighted by Crippen LogP contribution is 2.35. The van der Waals surface area contributed by atoms with E-state index in [4.69, 9.17) is 0 Å². The molecule has 0 spiro atoms. The first kappa shape index (κ1) is 17.3. The van der Waals surface area contributed by atoms with Crippen LogP contribution in [0.2, 0.25) is 0 Å². The fraction of sp³-hybridized carbons (Fsp3) is 1.00. The molecule has 2 rings (SSSR count). The largest absolute Gasteiger partial charge is 0.314 e. The number of hydrogen-bond acceptors (Lipinski definition) is 2. The highest BCUT2D eigenvalue weighted by molar-refractivity contribution is 4.88. The second-order valence-corrected chi connectivity index (χ2v) is 7.89. The van der Waals surface area contributed by atoms with Crippen LogP contribution in [0.1, 0.15) is 66.2 Å². The third kappa shape index (κ3) is 4.96. The van der Waals surface area contributed by atoms with Gasteiger partial charge in [-0.05, 0) is 75.4 Å². The maximum atomic E-state index is 3.78. The van der Waals surface area contributed by atoms with Crippen molar-refractivity contribution in [1.82, 2.24) is 10.2 Å². The molecule has 2 heteroatoms. The molecule has 3 unspecified atom stereocenters. The average molecular weight is 295 g/mol. The minimum Gasteiger partial charge on any atom is -0.314 e. The molecule has 0 aromatic carbocycles. The molecule has 1 heterocycles. The van der Waals surface area contributed by atoms with E-state index < -0.39 is 0 Å². The van der Waals surface area contributed by atoms with Gasteiger partial charge in [0.1, 0.15) is 0 Å². The zero-order valence-corrected chi connectivity index (χ0v) is 14.9. The number of piperidine rings is 1. The molecule has 0 aromatic rings. The lowest BCUT2D eigenvalue weighted by molar-refractivity contribution is 0.0991. The van der Waals surface area contributed by atoms with Gasteiger partial charge in [-0.3, -0.25) is 0 Å². The van der Waals surface area contributed by atoms with Gasteiger partial charge < -0.3 is 10.2 Å². The quantitative estimate of drug-likeness (QED) is 0.791. The Kier molecular flexibility index (Phi) is 7.01. The molecule has 3 atom stereocenters. The van der Waals surface area contributed by atoms with Crippen molar-refractivity contribution in [1.29, 1.82) is 0 Å². The third-order valence-electron chi connectivity index (χ3n) is 6.21. The number of nitrogens with zero attached hydrogens (tertiary/aromatic N) is 1. The summed E-state index contributed by atoms with van der Waals surface area (Å²) >= 11 is 0. The van der Waals surface area contributed by atoms with Crippen LogP contribution in [-0.4, -0.2) is 37.1 Å². The summed E-state index contributed by atoms with van der Waals surface area (Å²) in [6.07, 6.45) is 8.53. The number of rotatable bonds is 6. The van der Waals surface area contributed by atoms with Crippen LogP contribution in [0.3, 0.4) is 0 Å². The summed E-state index contributed by atoms with van der Waals surface area (Å²) in [5, 5.41) is 3.78. The van der Waals surface area contributed by atoms with Crippen molar-refractivity contribution in [3.05, 3.63) is 0 Å². The molecule has 2 aliphatic rings. The van der Waals surface area contributed by atoms with Crippen LogP contribution in [0.25, 0.3) is 0 Å². The highest BCUT2D eigenvalue weighted by atomic mass is 15.1. The predicted octanol–water partition coefficient (Wildman–Crippen LogP) is 4.16. The molecule has 124 valence electrons. The molecule has 1 saturated heterocycles. The lowest BCUT2D eigenvalue weighted by Gasteiger charge is -2.42. The Morgan fingerprint density at radius 3 is 2.33 bits per heavy atom. The predicted molar refractivity (Wildman–Crippen MR) is 92.6 cm³/mol. The van der Waals surface area contributed by atoms with E-state index >= 15 is 0 Å². The van der Waals surface area contributed by atoms with Crippen LogP contribution in [0, 0.1) is 23.7 Å². The fourth-order valence-electron chi connectivity index (χ4n) is 4.55. The Balaban J connectivity index is 1.87. The SMILES string of the molecule is CCNC1CCC(C(C)C)CC1CN1CCC(CC)CC1. The van der Waals surface area contributed by atoms with Gasteiger partial charge in [-0.1, -0.05) is 34.1 Å². The van der Waals surface area contributed by atoms with Crippen LogP contribution >= 0.6 is 0 Å². The normalized spacial score (nSPS) is 32.7. The Hall–Kier alpha value is -0.0800. The van der Waals surface area contributed by atoms with Crippen LogP contribution in [-0.2, 0) is 0 Å². The Labute approximate surface area is 133 Å². The van der Waals surface area contributed by atoms with Gasteiger partial charge in [0.25, 0.3) is 0 Å². The standard InChI is InChI=1S/C19H38N2/c1-5-16-9-11-21(12-10-16)14-18-13-17(15(3)4)7-8-19(18)20-6-2/h15-20H,5-14H2,1-4H3. The smallest absolute Gasteiger partial charge is 0.0108 e. The van der Waals surface area contributed by atoms with Gasteiger partial charge >= 0.3 is 0 Å². The van der Waals surface area contributed by atoms with Crippen LogP contribution < -0.4 is 5.32 Å². The van der Waals surface area contributed by atoms with Crippen molar-refractivity contribution in [2.24, 2.45) is 23.7 Å². The Bertz CT molecular complexity index is 281. The fourth-order valence-corrected chi connectivity index (χ4v) is 4.55. The minimum atomic E-state index is 0.772. The molecule has 21 heavy (non-hydrogen) atoms. The molecular weight excluding hydrogens is 256 g/mol. The Morgan fingerprint density at radius 1 is 1.05 bits per heavy atom. The summed E-state index contributed by atoms with van der Waals surface area (Å²) in [7, 11) is 0. The maximum Gasteiger partial charge on any atom is 0.0108 e. The van der Waals surface area contributed by atoms with Crippen molar-refractivity contribution in [2.75, 3.05) is 26.2 Å². The second-order valence-electron chi connectivity index (χ2n) is 7.89. The summed E-state index contributed by atoms with van der Waals surface area (Å²) in [6.45, 7) is 14.6. The van der Waals surface area contributed by atoms with Crippen molar-refractivity contribution in [2.45, 2.75) is 72.3 Å². The first-order chi connectivity index (χ1) is 10.1. The highest BCUT2D eigenvalue weighted by Gasteiger charge is 2.33. The summed E-state index contributed by atoms with van der Waals surface area (Å²) in [6, 6.07) is 0.772. The van der Waals surface area contributed by atoms with Gasteiger partial charge in [-0.15, -0.1) is 0 Å². The van der Waals surface area contributed by atoms with E-state index in [1.165, 1.54) is 58.2 Å². The van der Waals surface area contributed by atoms with Crippen LogP contribution in [0.4, 0.5) is 0 Å². The van der Waals surface area contributed by atoms with Crippen molar-refractivity contribution < 1.29 is 0 Å². The van der Waals surface area contributed by atoms with E-state index in [1.807, 2.05) is 0 Å². The molecule has 2 nitrogen and oxygen atoms in total. The molecule has 1 aliphatic carbocycles. The van der Waals surface area contributed by atoms with Gasteiger partial charge in [0.15, 0.2) is 0 Å². The molecule has 2 fully saturated rings. The lowest BCUT2D eigenvalue weighted by atomic mass is 9.73. The summed E-state index contributed by atoms with van der Waals surface area (Å²) in [5.74, 6) is 3.70. The number of nitrogens with one attached hydrogen (secondary N) is 1. The van der Waals surface area contributed by atoms with Gasteiger partial charge in [-0.2, -0.15) is 0 Å². The first-order valence-electron chi connectivity index (χ1n) is 9.59. The van der Waals surface area contributed by atoms with Crippen molar-refractivity contribution in [3.63, 3.8) is 0 Å². The molecule has 1 saturated carbocycles. The van der Waals surface area contributed by atoms with Crippen molar-refractivity contribution in [3.8, 4) is 0 Å². The summed E-state index contributed by atoms with van der Waals surface area (Å²) in [5.41, 5.74) is 0. The number of likely N-dealkylation sites (tertiary alicyclic amines) is 1. The zero-order valence-electron chi connectivity index (χ0n) is 14.9. The van der Waals surface area contributed by atoms with Gasteiger partial charge in [0.2, 0.25) is 0 Å². The van der Waals surface area contributed by atoms with E-state index in [0.717, 1.165) is 36.3 Å². The van der Waals surface area contributed by atoms with E-state index in [0.29, 0.717) is 0 Å². The molecule has 0 aromatic heterocycles. The molecule has 0 radical (unpaired) electrons. The van der Waals surface area contributed by atoms with Crippen LogP contribution in [0.5, 0.6) is 0 Å². The van der Waals surface area contributed by atoms with Crippen LogP contribution in [0.15, 0.2) is 0 Å². The lowest BCUT2D eigenvalue weighted by Crippen LogP contribution is -2.47. The van der Waals surface area contributed by atoms with E-state index in [1.54, 1.807) is 0 Å². The summed E-state index contributed by atoms with van der Waals surface area (Å²) in [4.78, 5) is 2.77. The summed E-state index contributed by atoms with van der Waals surface area (Å²) < 4.78 is 0. The first-order valence-corrected chi connectivity index (χ1v) is 9.59. The zero-order chi connectivity index (χ0) is 15.2. The van der Waals surface area contributed by atoms with Crippen molar-refractivity contribution >= 4 is 0 Å². The second kappa shape index (κ2) is 8.53. The molecule has 1 aliphatic heterocycles. The topological polar surface area (TPSA) is 15.3 Å². The number of hydrogen-bond donors (Lipinski definition) is 1. The van der Waals surface area contributed by atoms with Gasteiger partial charge in [0, 0.05) is 12.6 Å². The molecule has 0 amide bonds. The Morgan fingerprint density at radius 2 is 1.76 bits per heavy atom. The maximum absolute atomic E-state index is 3.78. The average Bonchev–Trinajstić information content (AvgIpc) is 2.50. The monoisotopic (exact) mass is 294 g/mol. The van der Waals surface area contributed by atoms with Gasteiger partial charge in [0.05, 0.1) is 0 Å². The molecule has 0 bridgehead atoms. The molecule has 1 N–H and O–H groups in total. The van der Waals surface area contributed by atoms with E-state index in [-0.39, 0.29) is 0 Å². The molecular formula is C19H38N2.